The highest BCUT2D eigenvalue weighted by Gasteiger charge is 2.11. The number of nitrogens with zero attached hydrogens (tertiary/aromatic N) is 1. The Hall–Kier alpha value is -2.01. The minimum atomic E-state index is 0.279. The van der Waals surface area contributed by atoms with Crippen LogP contribution in [0, 0.1) is 36.5 Å². The molecule has 0 spiro atoms. The first-order valence-corrected chi connectivity index (χ1v) is 13.7. The molecular formula is C33H58N2. The third kappa shape index (κ3) is 24.9. The van der Waals surface area contributed by atoms with Gasteiger partial charge >= 0.3 is 0 Å². The molecule has 1 aromatic heterocycles. The van der Waals surface area contributed by atoms with Crippen LogP contribution in [0.4, 0.5) is 0 Å². The van der Waals surface area contributed by atoms with Crippen molar-refractivity contribution in [2.75, 3.05) is 6.54 Å². The number of aromatic nitrogens is 1. The SMILES string of the molecule is C=C(CC(C)(C)C)NCCC#Cc1cnc(C)c(C)c1.C=C(CCCC)CC(C)(C)C.CCCC. The van der Waals surface area contributed by atoms with Crippen molar-refractivity contribution >= 4 is 0 Å². The number of pyridine rings is 1. The average Bonchev–Trinajstić information content (AvgIpc) is 2.72. The molecule has 0 saturated carbocycles. The average molecular weight is 483 g/mol. The first-order chi connectivity index (χ1) is 16.1. The molecule has 0 fully saturated rings. The molecule has 0 unspecified atom stereocenters. The predicted octanol–water partition coefficient (Wildman–Crippen LogP) is 9.95. The van der Waals surface area contributed by atoms with Gasteiger partial charge in [0.25, 0.3) is 0 Å². The molecule has 0 atom stereocenters. The van der Waals surface area contributed by atoms with Gasteiger partial charge in [-0.3, -0.25) is 4.98 Å². The fraction of sp³-hybridized carbons (Fsp3) is 0.667. The Morgan fingerprint density at radius 1 is 0.914 bits per heavy atom. The molecule has 35 heavy (non-hydrogen) atoms. The standard InChI is InChI=1S/C18H26N2.C11H22.C4H10/c1-14-11-17(13-20-16(14)3)9-7-8-10-19-15(2)12-18(4,5)6;1-6-7-8-10(2)9-11(3,4)5;1-3-4-2/h11,13,19H,2,8,10,12H2,1,3-6H3;2,6-9H2,1,3-5H3;3-4H2,1-2H3. The van der Waals surface area contributed by atoms with Crippen LogP contribution in [-0.2, 0) is 0 Å². The lowest BCUT2D eigenvalue weighted by molar-refractivity contribution is 0.399. The van der Waals surface area contributed by atoms with Crippen LogP contribution in [0.25, 0.3) is 0 Å². The van der Waals surface area contributed by atoms with Gasteiger partial charge in [-0.05, 0) is 62.0 Å². The van der Waals surface area contributed by atoms with E-state index in [0.717, 1.165) is 36.3 Å². The van der Waals surface area contributed by atoms with E-state index in [2.05, 4.69) is 111 Å². The van der Waals surface area contributed by atoms with Crippen LogP contribution in [0.2, 0.25) is 0 Å². The molecule has 0 aliphatic carbocycles. The van der Waals surface area contributed by atoms with Crippen LogP contribution < -0.4 is 5.32 Å². The number of nitrogens with one attached hydrogen (secondary N) is 1. The summed E-state index contributed by atoms with van der Waals surface area (Å²) in [6.45, 7) is 33.1. The zero-order valence-corrected chi connectivity index (χ0v) is 25.4. The summed E-state index contributed by atoms with van der Waals surface area (Å²) in [7, 11) is 0. The zero-order valence-electron chi connectivity index (χ0n) is 25.4. The molecule has 2 heteroatoms. The Morgan fingerprint density at radius 3 is 1.94 bits per heavy atom. The first kappa shape index (κ1) is 35.2. The molecule has 1 aromatic rings. The van der Waals surface area contributed by atoms with E-state index in [1.807, 2.05) is 13.1 Å². The van der Waals surface area contributed by atoms with Crippen molar-refractivity contribution in [3.8, 4) is 11.8 Å². The van der Waals surface area contributed by atoms with E-state index in [4.69, 9.17) is 0 Å². The summed E-state index contributed by atoms with van der Waals surface area (Å²) in [5, 5.41) is 3.33. The predicted molar refractivity (Wildman–Crippen MR) is 160 cm³/mol. The van der Waals surface area contributed by atoms with Gasteiger partial charge in [-0.25, -0.2) is 0 Å². The van der Waals surface area contributed by atoms with Gasteiger partial charge in [-0.15, -0.1) is 0 Å². The van der Waals surface area contributed by atoms with Crippen LogP contribution in [0.1, 0.15) is 131 Å². The van der Waals surface area contributed by atoms with E-state index < -0.39 is 0 Å². The van der Waals surface area contributed by atoms with Crippen molar-refractivity contribution in [2.45, 2.75) is 128 Å². The summed E-state index contributed by atoms with van der Waals surface area (Å²) < 4.78 is 0. The molecular weight excluding hydrogens is 424 g/mol. The van der Waals surface area contributed by atoms with Gasteiger partial charge in [0.1, 0.15) is 0 Å². The molecule has 0 aliphatic rings. The lowest BCUT2D eigenvalue weighted by atomic mass is 9.87. The van der Waals surface area contributed by atoms with E-state index >= 15 is 0 Å². The van der Waals surface area contributed by atoms with Gasteiger partial charge in [0.05, 0.1) is 0 Å². The Morgan fingerprint density at radius 2 is 1.49 bits per heavy atom. The minimum absolute atomic E-state index is 0.279. The Balaban J connectivity index is 0. The fourth-order valence-electron chi connectivity index (χ4n) is 3.15. The maximum atomic E-state index is 4.31. The van der Waals surface area contributed by atoms with Gasteiger partial charge in [-0.2, -0.15) is 0 Å². The summed E-state index contributed by atoms with van der Waals surface area (Å²) in [5.74, 6) is 6.33. The number of allylic oxidation sites excluding steroid dienone is 2. The van der Waals surface area contributed by atoms with E-state index in [0.29, 0.717) is 5.41 Å². The molecule has 0 aliphatic heterocycles. The van der Waals surface area contributed by atoms with Crippen molar-refractivity contribution in [3.63, 3.8) is 0 Å². The van der Waals surface area contributed by atoms with Gasteiger partial charge in [0.15, 0.2) is 0 Å². The second-order valence-electron chi connectivity index (χ2n) is 12.0. The maximum absolute atomic E-state index is 4.31. The van der Waals surface area contributed by atoms with E-state index in [1.165, 1.54) is 49.7 Å². The van der Waals surface area contributed by atoms with E-state index in [9.17, 15) is 0 Å². The highest BCUT2D eigenvalue weighted by Crippen LogP contribution is 2.25. The molecule has 1 rings (SSSR count). The highest BCUT2D eigenvalue weighted by atomic mass is 14.9. The molecule has 0 bridgehead atoms. The van der Waals surface area contributed by atoms with Gasteiger partial charge < -0.3 is 5.32 Å². The third-order valence-corrected chi connectivity index (χ3v) is 5.11. The van der Waals surface area contributed by atoms with Crippen LogP contribution in [0.15, 0.2) is 36.7 Å². The van der Waals surface area contributed by atoms with Crippen molar-refractivity contribution in [1.29, 1.82) is 0 Å². The summed E-state index contributed by atoms with van der Waals surface area (Å²) >= 11 is 0. The minimum Gasteiger partial charge on any atom is -0.388 e. The Labute approximate surface area is 220 Å². The van der Waals surface area contributed by atoms with Crippen LogP contribution >= 0.6 is 0 Å². The molecule has 0 radical (unpaired) electrons. The highest BCUT2D eigenvalue weighted by molar-refractivity contribution is 5.36. The van der Waals surface area contributed by atoms with Crippen molar-refractivity contribution in [3.05, 3.63) is 53.5 Å². The molecule has 0 amide bonds. The number of hydrogen-bond donors (Lipinski definition) is 1. The number of aryl methyl sites for hydroxylation is 2. The van der Waals surface area contributed by atoms with E-state index in [-0.39, 0.29) is 5.41 Å². The summed E-state index contributed by atoms with van der Waals surface area (Å²) in [4.78, 5) is 4.31. The zero-order chi connectivity index (χ0) is 27.5. The smallest absolute Gasteiger partial charge is 0.0431 e. The molecule has 2 nitrogen and oxygen atoms in total. The molecule has 1 heterocycles. The van der Waals surface area contributed by atoms with Crippen molar-refractivity contribution < 1.29 is 0 Å². The molecule has 200 valence electrons. The van der Waals surface area contributed by atoms with E-state index in [1.54, 1.807) is 0 Å². The largest absolute Gasteiger partial charge is 0.388 e. The fourth-order valence-corrected chi connectivity index (χ4v) is 3.15. The summed E-state index contributed by atoms with van der Waals surface area (Å²) in [6.07, 6.45) is 11.2. The topological polar surface area (TPSA) is 24.9 Å². The second-order valence-corrected chi connectivity index (χ2v) is 12.0. The monoisotopic (exact) mass is 482 g/mol. The molecule has 0 aromatic carbocycles. The normalized spacial score (nSPS) is 10.6. The number of hydrogen-bond acceptors (Lipinski definition) is 2. The van der Waals surface area contributed by atoms with Crippen LogP contribution in [-0.4, -0.2) is 11.5 Å². The Bertz CT molecular complexity index is 774. The lowest BCUT2D eigenvalue weighted by Gasteiger charge is -2.20. The summed E-state index contributed by atoms with van der Waals surface area (Å²) in [6, 6.07) is 2.08. The lowest BCUT2D eigenvalue weighted by Crippen LogP contribution is -2.18. The van der Waals surface area contributed by atoms with Crippen molar-refractivity contribution in [1.82, 2.24) is 10.3 Å². The quantitative estimate of drug-likeness (QED) is 0.215. The maximum Gasteiger partial charge on any atom is 0.0431 e. The van der Waals surface area contributed by atoms with Gasteiger partial charge in [0, 0.05) is 36.1 Å². The van der Waals surface area contributed by atoms with Crippen molar-refractivity contribution in [2.24, 2.45) is 10.8 Å². The Kier molecular flexibility index (Phi) is 19.3. The van der Waals surface area contributed by atoms with Gasteiger partial charge in [-0.1, -0.05) is 112 Å². The molecule has 1 N–H and O–H groups in total. The number of unbranched alkanes of at least 4 members (excludes halogenated alkanes) is 2. The van der Waals surface area contributed by atoms with Crippen LogP contribution in [0.5, 0.6) is 0 Å². The van der Waals surface area contributed by atoms with Crippen LogP contribution in [0.3, 0.4) is 0 Å². The third-order valence-electron chi connectivity index (χ3n) is 5.11. The first-order valence-electron chi connectivity index (χ1n) is 13.7. The second kappa shape index (κ2) is 19.2. The summed E-state index contributed by atoms with van der Waals surface area (Å²) in [5.41, 5.74) is 6.45. The molecule has 0 saturated heterocycles. The number of rotatable bonds is 9. The van der Waals surface area contributed by atoms with Gasteiger partial charge in [0.2, 0.25) is 0 Å².